The summed E-state index contributed by atoms with van der Waals surface area (Å²) >= 11 is 0. The standard InChI is InChI=1S/C9H10N2O3/c12-9-2-1-6(7-4-10-5-7)3-8(9)11(13)14/h1-3,7,10,12H,4-5H2. The molecule has 5 nitrogen and oxygen atoms in total. The molecule has 5 heteroatoms. The zero-order chi connectivity index (χ0) is 10.1. The van der Waals surface area contributed by atoms with E-state index in [-0.39, 0.29) is 11.4 Å². The van der Waals surface area contributed by atoms with Gasteiger partial charge < -0.3 is 10.4 Å². The summed E-state index contributed by atoms with van der Waals surface area (Å²) in [6, 6.07) is 4.56. The van der Waals surface area contributed by atoms with Crippen molar-refractivity contribution in [3.8, 4) is 5.75 Å². The van der Waals surface area contributed by atoms with Crippen LogP contribution in [0.1, 0.15) is 11.5 Å². The van der Waals surface area contributed by atoms with Gasteiger partial charge in [-0.3, -0.25) is 10.1 Å². The lowest BCUT2D eigenvalue weighted by molar-refractivity contribution is -0.385. The van der Waals surface area contributed by atoms with Crippen molar-refractivity contribution in [1.29, 1.82) is 0 Å². The number of rotatable bonds is 2. The Morgan fingerprint density at radius 1 is 1.50 bits per heavy atom. The van der Waals surface area contributed by atoms with E-state index >= 15 is 0 Å². The second-order valence-corrected chi connectivity index (χ2v) is 3.36. The monoisotopic (exact) mass is 194 g/mol. The van der Waals surface area contributed by atoms with Gasteiger partial charge in [0.25, 0.3) is 0 Å². The van der Waals surface area contributed by atoms with Gasteiger partial charge in [0.05, 0.1) is 4.92 Å². The summed E-state index contributed by atoms with van der Waals surface area (Å²) < 4.78 is 0. The number of hydrogen-bond donors (Lipinski definition) is 2. The van der Waals surface area contributed by atoms with Gasteiger partial charge in [-0.05, 0) is 11.6 Å². The molecule has 0 aromatic heterocycles. The number of aromatic hydroxyl groups is 1. The largest absolute Gasteiger partial charge is 0.502 e. The topological polar surface area (TPSA) is 75.4 Å². The van der Waals surface area contributed by atoms with Gasteiger partial charge in [-0.15, -0.1) is 0 Å². The number of nitrogens with zero attached hydrogens (tertiary/aromatic N) is 1. The summed E-state index contributed by atoms with van der Waals surface area (Å²) in [7, 11) is 0. The number of phenolic OH excluding ortho intramolecular Hbond substituents is 1. The van der Waals surface area contributed by atoms with Crippen LogP contribution in [-0.2, 0) is 0 Å². The van der Waals surface area contributed by atoms with Crippen LogP contribution >= 0.6 is 0 Å². The summed E-state index contributed by atoms with van der Waals surface area (Å²) in [5.74, 6) is 0.0698. The predicted molar refractivity (Wildman–Crippen MR) is 50.4 cm³/mol. The van der Waals surface area contributed by atoms with E-state index < -0.39 is 4.92 Å². The Kier molecular flexibility index (Phi) is 2.09. The maximum absolute atomic E-state index is 10.5. The maximum atomic E-state index is 10.5. The van der Waals surface area contributed by atoms with Crippen LogP contribution in [0.25, 0.3) is 0 Å². The molecule has 0 aliphatic carbocycles. The number of nitro groups is 1. The van der Waals surface area contributed by atoms with E-state index in [1.165, 1.54) is 12.1 Å². The highest BCUT2D eigenvalue weighted by Gasteiger charge is 2.22. The summed E-state index contributed by atoms with van der Waals surface area (Å²) in [6.45, 7) is 1.70. The molecule has 0 bridgehead atoms. The highest BCUT2D eigenvalue weighted by Crippen LogP contribution is 2.30. The van der Waals surface area contributed by atoms with E-state index in [1.54, 1.807) is 6.07 Å². The molecule has 2 rings (SSSR count). The van der Waals surface area contributed by atoms with Crippen molar-refractivity contribution in [3.05, 3.63) is 33.9 Å². The average Bonchev–Trinajstić information content (AvgIpc) is 2.04. The zero-order valence-electron chi connectivity index (χ0n) is 7.43. The fraction of sp³-hybridized carbons (Fsp3) is 0.333. The van der Waals surface area contributed by atoms with E-state index in [1.807, 2.05) is 0 Å². The fourth-order valence-electron chi connectivity index (χ4n) is 1.47. The van der Waals surface area contributed by atoms with Crippen molar-refractivity contribution in [1.82, 2.24) is 5.32 Å². The van der Waals surface area contributed by atoms with Gasteiger partial charge in [-0.25, -0.2) is 0 Å². The lowest BCUT2D eigenvalue weighted by atomic mass is 9.93. The summed E-state index contributed by atoms with van der Waals surface area (Å²) in [4.78, 5) is 9.97. The molecule has 1 fully saturated rings. The van der Waals surface area contributed by atoms with Gasteiger partial charge >= 0.3 is 5.69 Å². The molecule has 1 saturated heterocycles. The first kappa shape index (κ1) is 8.96. The molecule has 2 N–H and O–H groups in total. The van der Waals surface area contributed by atoms with Crippen molar-refractivity contribution in [2.24, 2.45) is 0 Å². The van der Waals surface area contributed by atoms with Crippen LogP contribution in [0.3, 0.4) is 0 Å². The van der Waals surface area contributed by atoms with Crippen molar-refractivity contribution in [2.75, 3.05) is 13.1 Å². The second kappa shape index (κ2) is 3.26. The molecule has 0 radical (unpaired) electrons. The molecule has 14 heavy (non-hydrogen) atoms. The number of benzene rings is 1. The van der Waals surface area contributed by atoms with E-state index in [2.05, 4.69) is 5.32 Å². The molecule has 1 heterocycles. The SMILES string of the molecule is O=[N+]([O-])c1cc(C2CNC2)ccc1O. The zero-order valence-corrected chi connectivity index (χ0v) is 7.43. The van der Waals surface area contributed by atoms with Gasteiger partial charge in [-0.1, -0.05) is 6.07 Å². The molecule has 1 aromatic rings. The Balaban J connectivity index is 2.34. The van der Waals surface area contributed by atoms with Gasteiger partial charge in [0.2, 0.25) is 0 Å². The first-order valence-corrected chi connectivity index (χ1v) is 4.36. The summed E-state index contributed by atoms with van der Waals surface area (Å²) in [6.07, 6.45) is 0. The van der Waals surface area contributed by atoms with Crippen molar-refractivity contribution >= 4 is 5.69 Å². The average molecular weight is 194 g/mol. The van der Waals surface area contributed by atoms with Crippen molar-refractivity contribution < 1.29 is 10.0 Å². The van der Waals surface area contributed by atoms with Crippen LogP contribution in [-0.4, -0.2) is 23.1 Å². The summed E-state index contributed by atoms with van der Waals surface area (Å²) in [5, 5.41) is 22.8. The molecule has 1 aliphatic rings. The Labute approximate surface area is 80.5 Å². The number of hydrogen-bond acceptors (Lipinski definition) is 4. The van der Waals surface area contributed by atoms with Crippen LogP contribution in [0.2, 0.25) is 0 Å². The van der Waals surface area contributed by atoms with Crippen molar-refractivity contribution in [2.45, 2.75) is 5.92 Å². The minimum atomic E-state index is -0.565. The van der Waals surface area contributed by atoms with E-state index in [0.29, 0.717) is 5.92 Å². The quantitative estimate of drug-likeness (QED) is 0.543. The molecule has 74 valence electrons. The number of phenols is 1. The molecular weight excluding hydrogens is 184 g/mol. The fourth-order valence-corrected chi connectivity index (χ4v) is 1.47. The lowest BCUT2D eigenvalue weighted by Gasteiger charge is -2.27. The third kappa shape index (κ3) is 1.42. The normalized spacial score (nSPS) is 16.3. The van der Waals surface area contributed by atoms with E-state index in [9.17, 15) is 15.2 Å². The van der Waals surface area contributed by atoms with Crippen LogP contribution in [0.5, 0.6) is 5.75 Å². The number of nitrogens with one attached hydrogen (secondary N) is 1. The summed E-state index contributed by atoms with van der Waals surface area (Å²) in [5.41, 5.74) is 0.697. The van der Waals surface area contributed by atoms with Crippen LogP contribution < -0.4 is 5.32 Å². The van der Waals surface area contributed by atoms with Gasteiger partial charge in [0.1, 0.15) is 0 Å². The van der Waals surface area contributed by atoms with Crippen LogP contribution in [0.15, 0.2) is 18.2 Å². The Bertz CT molecular complexity index is 374. The molecule has 0 spiro atoms. The molecule has 0 saturated carbocycles. The van der Waals surface area contributed by atoms with Gasteiger partial charge in [-0.2, -0.15) is 0 Å². The third-order valence-electron chi connectivity index (χ3n) is 2.45. The highest BCUT2D eigenvalue weighted by atomic mass is 16.6. The minimum Gasteiger partial charge on any atom is -0.502 e. The van der Waals surface area contributed by atoms with E-state index in [4.69, 9.17) is 0 Å². The molecule has 0 unspecified atom stereocenters. The van der Waals surface area contributed by atoms with Crippen LogP contribution in [0, 0.1) is 10.1 Å². The Morgan fingerprint density at radius 2 is 2.21 bits per heavy atom. The second-order valence-electron chi connectivity index (χ2n) is 3.36. The molecule has 1 aromatic carbocycles. The van der Waals surface area contributed by atoms with Crippen LogP contribution in [0.4, 0.5) is 5.69 Å². The Morgan fingerprint density at radius 3 is 2.71 bits per heavy atom. The Hall–Kier alpha value is -1.62. The highest BCUT2D eigenvalue weighted by molar-refractivity contribution is 5.48. The van der Waals surface area contributed by atoms with Crippen molar-refractivity contribution in [3.63, 3.8) is 0 Å². The van der Waals surface area contributed by atoms with E-state index in [0.717, 1.165) is 18.7 Å². The van der Waals surface area contributed by atoms with Gasteiger partial charge in [0.15, 0.2) is 5.75 Å². The first-order valence-electron chi connectivity index (χ1n) is 4.36. The molecular formula is C9H10N2O3. The smallest absolute Gasteiger partial charge is 0.310 e. The van der Waals surface area contributed by atoms with Gasteiger partial charge in [0, 0.05) is 25.1 Å². The number of nitro benzene ring substituents is 1. The first-order chi connectivity index (χ1) is 6.68. The predicted octanol–water partition coefficient (Wildman–Crippen LogP) is 0.987. The third-order valence-corrected chi connectivity index (χ3v) is 2.45. The maximum Gasteiger partial charge on any atom is 0.310 e. The minimum absolute atomic E-state index is 0.214. The molecule has 0 atom stereocenters. The molecule has 1 aliphatic heterocycles. The molecule has 0 amide bonds. The lowest BCUT2D eigenvalue weighted by Crippen LogP contribution is -2.39.